The molecule has 2 amide bonds. The third kappa shape index (κ3) is 2.17. The minimum atomic E-state index is -0.747. The topological polar surface area (TPSA) is 78.9 Å². The van der Waals surface area contributed by atoms with Crippen LogP contribution in [0.5, 0.6) is 0 Å². The Morgan fingerprint density at radius 3 is 2.88 bits per heavy atom. The maximum atomic E-state index is 13.0. The van der Waals surface area contributed by atoms with Gasteiger partial charge in [0.1, 0.15) is 5.60 Å². The van der Waals surface area contributed by atoms with Crippen LogP contribution in [0.2, 0.25) is 5.02 Å². The first-order valence-corrected chi connectivity index (χ1v) is 8.26. The number of carbonyl (C=O) groups excluding carboxylic acids is 2. The Kier molecular flexibility index (Phi) is 3.63. The number of aliphatic hydroxyl groups excluding tert-OH is 1. The van der Waals surface area contributed by atoms with Crippen molar-refractivity contribution in [2.75, 3.05) is 24.6 Å². The summed E-state index contributed by atoms with van der Waals surface area (Å²) in [5.41, 5.74) is -0.00839. The highest BCUT2D eigenvalue weighted by molar-refractivity contribution is 6.30. The van der Waals surface area contributed by atoms with Gasteiger partial charge in [-0.25, -0.2) is 0 Å². The summed E-state index contributed by atoms with van der Waals surface area (Å²) in [6.45, 7) is 0.413. The quantitative estimate of drug-likeness (QED) is 0.786. The molecule has 0 radical (unpaired) electrons. The Hall–Kier alpha value is -1.89. The molecule has 3 aliphatic heterocycles. The van der Waals surface area contributed by atoms with E-state index in [-0.39, 0.29) is 31.1 Å². The highest BCUT2D eigenvalue weighted by Crippen LogP contribution is 2.52. The van der Waals surface area contributed by atoms with Crippen molar-refractivity contribution in [2.24, 2.45) is 11.8 Å². The maximum Gasteiger partial charge on any atom is 0.234 e. The average Bonchev–Trinajstić information content (AvgIpc) is 3.22. The highest BCUT2D eigenvalue weighted by atomic mass is 35.5. The molecule has 0 aromatic heterocycles. The molecule has 1 aromatic rings. The summed E-state index contributed by atoms with van der Waals surface area (Å²) in [4.78, 5) is 27.1. The Balaban J connectivity index is 1.64. The van der Waals surface area contributed by atoms with Gasteiger partial charge in [0.05, 0.1) is 31.1 Å². The first kappa shape index (κ1) is 15.6. The average molecular weight is 349 g/mol. The molecule has 6 nitrogen and oxygen atoms in total. The molecular weight excluding hydrogens is 332 g/mol. The van der Waals surface area contributed by atoms with E-state index in [0.29, 0.717) is 11.6 Å². The van der Waals surface area contributed by atoms with Gasteiger partial charge in [0.25, 0.3) is 0 Å². The summed E-state index contributed by atoms with van der Waals surface area (Å²) in [6, 6.07) is 7.04. The summed E-state index contributed by atoms with van der Waals surface area (Å²) in [7, 11) is 0. The molecule has 24 heavy (non-hydrogen) atoms. The van der Waals surface area contributed by atoms with Crippen LogP contribution in [0.15, 0.2) is 36.4 Å². The molecule has 2 saturated heterocycles. The Morgan fingerprint density at radius 2 is 2.17 bits per heavy atom. The number of rotatable bonds is 4. The molecule has 126 valence electrons. The van der Waals surface area contributed by atoms with Gasteiger partial charge in [0.2, 0.25) is 11.8 Å². The Morgan fingerprint density at radius 1 is 1.42 bits per heavy atom. The number of nitrogens with zero attached hydrogens (tertiary/aromatic N) is 1. The lowest BCUT2D eigenvalue weighted by Crippen LogP contribution is -2.44. The van der Waals surface area contributed by atoms with Gasteiger partial charge in [-0.3, -0.25) is 9.59 Å². The summed E-state index contributed by atoms with van der Waals surface area (Å²) in [5.74, 6) is -1.47. The summed E-state index contributed by atoms with van der Waals surface area (Å²) < 4.78 is 6.02. The number of fused-ring (bicyclic) bond motifs is 1. The lowest BCUT2D eigenvalue weighted by atomic mass is 9.77. The zero-order valence-corrected chi connectivity index (χ0v) is 13.6. The predicted molar refractivity (Wildman–Crippen MR) is 87.6 cm³/mol. The number of ether oxygens (including phenoxy) is 1. The van der Waals surface area contributed by atoms with Crippen molar-refractivity contribution in [3.8, 4) is 0 Å². The SMILES string of the molecule is O=C(NCCO)[C@@H]1[C@H]2C(=O)N(c3ccc(Cl)cc3)C[C@]23C=C[C@H]1O3. The van der Waals surface area contributed by atoms with E-state index in [1.165, 1.54) is 0 Å². The van der Waals surface area contributed by atoms with Gasteiger partial charge in [0, 0.05) is 17.3 Å². The molecule has 3 aliphatic rings. The molecule has 7 heteroatoms. The van der Waals surface area contributed by atoms with Gasteiger partial charge < -0.3 is 20.1 Å². The van der Waals surface area contributed by atoms with Crippen LogP contribution in [0, 0.1) is 11.8 Å². The van der Waals surface area contributed by atoms with Crippen LogP contribution in [0.1, 0.15) is 0 Å². The molecule has 1 spiro atoms. The van der Waals surface area contributed by atoms with E-state index in [1.807, 2.05) is 12.2 Å². The van der Waals surface area contributed by atoms with Crippen LogP contribution in [0.3, 0.4) is 0 Å². The number of hydrogen-bond acceptors (Lipinski definition) is 4. The largest absolute Gasteiger partial charge is 0.395 e. The fourth-order valence-corrected chi connectivity index (χ4v) is 4.06. The van der Waals surface area contributed by atoms with Crippen molar-refractivity contribution in [1.29, 1.82) is 0 Å². The van der Waals surface area contributed by atoms with Crippen molar-refractivity contribution >= 4 is 29.1 Å². The van der Waals surface area contributed by atoms with E-state index in [4.69, 9.17) is 21.4 Å². The van der Waals surface area contributed by atoms with Crippen molar-refractivity contribution in [2.45, 2.75) is 11.7 Å². The van der Waals surface area contributed by atoms with Crippen LogP contribution in [-0.4, -0.2) is 48.3 Å². The molecule has 4 rings (SSSR count). The van der Waals surface area contributed by atoms with Gasteiger partial charge in [-0.1, -0.05) is 23.8 Å². The van der Waals surface area contributed by atoms with Crippen LogP contribution in [-0.2, 0) is 14.3 Å². The fourth-order valence-electron chi connectivity index (χ4n) is 3.93. The first-order chi connectivity index (χ1) is 11.6. The second-order valence-electron chi connectivity index (χ2n) is 6.32. The minimum Gasteiger partial charge on any atom is -0.395 e. The van der Waals surface area contributed by atoms with Crippen molar-refractivity contribution in [3.63, 3.8) is 0 Å². The van der Waals surface area contributed by atoms with Crippen LogP contribution in [0.4, 0.5) is 5.69 Å². The summed E-state index contributed by atoms with van der Waals surface area (Å²) in [6.07, 6.45) is 3.38. The van der Waals surface area contributed by atoms with E-state index in [0.717, 1.165) is 5.69 Å². The highest BCUT2D eigenvalue weighted by Gasteiger charge is 2.66. The van der Waals surface area contributed by atoms with Crippen molar-refractivity contribution in [3.05, 3.63) is 41.4 Å². The molecule has 2 bridgehead atoms. The second-order valence-corrected chi connectivity index (χ2v) is 6.75. The second kappa shape index (κ2) is 5.58. The van der Waals surface area contributed by atoms with Crippen LogP contribution >= 0.6 is 11.6 Å². The van der Waals surface area contributed by atoms with Crippen molar-refractivity contribution in [1.82, 2.24) is 5.32 Å². The maximum absolute atomic E-state index is 13.0. The van der Waals surface area contributed by atoms with Gasteiger partial charge in [-0.15, -0.1) is 0 Å². The lowest BCUT2D eigenvalue weighted by Gasteiger charge is -2.23. The third-order valence-electron chi connectivity index (χ3n) is 4.95. The first-order valence-electron chi connectivity index (χ1n) is 7.88. The van der Waals surface area contributed by atoms with Gasteiger partial charge in [-0.2, -0.15) is 0 Å². The molecule has 1 aromatic carbocycles. The Bertz CT molecular complexity index is 720. The molecule has 0 aliphatic carbocycles. The number of halogens is 1. The molecule has 2 N–H and O–H groups in total. The molecule has 3 heterocycles. The monoisotopic (exact) mass is 348 g/mol. The van der Waals surface area contributed by atoms with E-state index in [9.17, 15) is 9.59 Å². The van der Waals surface area contributed by atoms with Crippen LogP contribution < -0.4 is 10.2 Å². The number of amides is 2. The van der Waals surface area contributed by atoms with E-state index in [1.54, 1.807) is 29.2 Å². The molecule has 0 unspecified atom stereocenters. The van der Waals surface area contributed by atoms with E-state index in [2.05, 4.69) is 5.32 Å². The molecular formula is C17H17ClN2O4. The Labute approximate surface area is 144 Å². The standard InChI is InChI=1S/C17H17ClN2O4/c18-10-1-3-11(4-2-10)20-9-17-6-5-12(24-17)13(14(17)16(20)23)15(22)19-7-8-21/h1-6,12-14,21H,7-9H2,(H,19,22)/t12-,13+,14+,17-/m1/s1. The lowest BCUT2D eigenvalue weighted by molar-refractivity contribution is -0.132. The van der Waals surface area contributed by atoms with Gasteiger partial charge in [-0.05, 0) is 24.3 Å². The number of aliphatic hydroxyl groups is 1. The fraction of sp³-hybridized carbons (Fsp3) is 0.412. The number of hydrogen-bond donors (Lipinski definition) is 2. The summed E-state index contributed by atoms with van der Waals surface area (Å²) in [5, 5.41) is 12.2. The number of nitrogens with one attached hydrogen (secondary N) is 1. The summed E-state index contributed by atoms with van der Waals surface area (Å²) >= 11 is 5.91. The third-order valence-corrected chi connectivity index (χ3v) is 5.20. The molecule has 2 fully saturated rings. The van der Waals surface area contributed by atoms with Gasteiger partial charge in [0.15, 0.2) is 0 Å². The van der Waals surface area contributed by atoms with Gasteiger partial charge >= 0.3 is 0 Å². The van der Waals surface area contributed by atoms with E-state index < -0.39 is 17.4 Å². The molecule has 0 saturated carbocycles. The minimum absolute atomic E-state index is 0.117. The number of carbonyl (C=O) groups is 2. The predicted octanol–water partition coefficient (Wildman–Crippen LogP) is 0.735. The van der Waals surface area contributed by atoms with E-state index >= 15 is 0 Å². The number of anilines is 1. The zero-order valence-electron chi connectivity index (χ0n) is 12.8. The molecule has 4 atom stereocenters. The normalized spacial score (nSPS) is 33.2. The smallest absolute Gasteiger partial charge is 0.234 e. The van der Waals surface area contributed by atoms with Crippen molar-refractivity contribution < 1.29 is 19.4 Å². The zero-order chi connectivity index (χ0) is 16.9. The number of benzene rings is 1. The van der Waals surface area contributed by atoms with Crippen LogP contribution in [0.25, 0.3) is 0 Å².